The first-order chi connectivity index (χ1) is 15.2. The van der Waals surface area contributed by atoms with Crippen molar-refractivity contribution in [3.05, 3.63) is 59.7 Å². The molecule has 6 nitrogen and oxygen atoms in total. The van der Waals surface area contributed by atoms with Crippen LogP contribution < -0.4 is 5.73 Å². The van der Waals surface area contributed by atoms with Crippen molar-refractivity contribution in [2.24, 2.45) is 0 Å². The zero-order chi connectivity index (χ0) is 21.2. The average molecular weight is 434 g/mol. The quantitative estimate of drug-likeness (QED) is 0.342. The second-order valence-electron chi connectivity index (χ2n) is 8.04. The first-order valence-electron chi connectivity index (χ1n) is 10.7. The molecule has 1 aliphatic rings. The predicted octanol–water partition coefficient (Wildman–Crippen LogP) is 4.51. The molecule has 2 aromatic carbocycles. The van der Waals surface area contributed by atoms with Gasteiger partial charge in [-0.1, -0.05) is 54.2 Å². The number of fused-ring (bicyclic) bond motifs is 3. The zero-order valence-corrected chi connectivity index (χ0v) is 18.6. The Bertz CT molecular complexity index is 1200. The molecule has 0 amide bonds. The minimum Gasteiger partial charge on any atom is -0.382 e. The highest BCUT2D eigenvalue weighted by Gasteiger charge is 2.18. The summed E-state index contributed by atoms with van der Waals surface area (Å²) in [6.45, 7) is 4.19. The molecule has 0 radical (unpaired) electrons. The molecule has 0 aliphatic carbocycles. The molecule has 31 heavy (non-hydrogen) atoms. The summed E-state index contributed by atoms with van der Waals surface area (Å²) in [7, 11) is 1.70. The van der Waals surface area contributed by atoms with Gasteiger partial charge in [-0.2, -0.15) is 0 Å². The lowest BCUT2D eigenvalue weighted by Gasteiger charge is -2.15. The summed E-state index contributed by atoms with van der Waals surface area (Å²) in [6.07, 6.45) is 2.64. The Hall–Kier alpha value is -2.61. The van der Waals surface area contributed by atoms with Gasteiger partial charge in [0.05, 0.1) is 23.5 Å². The molecule has 0 bridgehead atoms. The van der Waals surface area contributed by atoms with E-state index in [1.807, 2.05) is 18.2 Å². The van der Waals surface area contributed by atoms with Crippen LogP contribution in [-0.2, 0) is 17.8 Å². The Morgan fingerprint density at radius 2 is 1.68 bits per heavy atom. The van der Waals surface area contributed by atoms with E-state index in [0.29, 0.717) is 11.8 Å². The van der Waals surface area contributed by atoms with Crippen LogP contribution in [-0.4, -0.2) is 45.6 Å². The van der Waals surface area contributed by atoms with Crippen LogP contribution in [0, 0.1) is 0 Å². The van der Waals surface area contributed by atoms with E-state index in [1.54, 1.807) is 18.9 Å². The van der Waals surface area contributed by atoms with Crippen molar-refractivity contribution < 1.29 is 4.74 Å². The second kappa shape index (κ2) is 8.86. The first kappa shape index (κ1) is 20.3. The van der Waals surface area contributed by atoms with Gasteiger partial charge in [-0.05, 0) is 43.1 Å². The molecule has 3 heterocycles. The Morgan fingerprint density at radius 1 is 0.968 bits per heavy atom. The van der Waals surface area contributed by atoms with E-state index >= 15 is 0 Å². The van der Waals surface area contributed by atoms with Crippen LogP contribution in [0.4, 0.5) is 5.82 Å². The van der Waals surface area contributed by atoms with Gasteiger partial charge in [-0.15, -0.1) is 0 Å². The monoisotopic (exact) mass is 433 g/mol. The molecule has 1 aliphatic heterocycles. The highest BCUT2D eigenvalue weighted by Crippen LogP contribution is 2.32. The first-order valence-corrected chi connectivity index (χ1v) is 11.7. The normalized spacial score (nSPS) is 14.7. The van der Waals surface area contributed by atoms with E-state index in [4.69, 9.17) is 15.5 Å². The van der Waals surface area contributed by atoms with Crippen LogP contribution >= 0.6 is 11.8 Å². The molecule has 4 aromatic rings. The summed E-state index contributed by atoms with van der Waals surface area (Å²) < 4.78 is 7.55. The van der Waals surface area contributed by atoms with Crippen LogP contribution in [0.15, 0.2) is 53.7 Å². The summed E-state index contributed by atoms with van der Waals surface area (Å²) >= 11 is 1.57. The Labute approximate surface area is 186 Å². The van der Waals surface area contributed by atoms with Crippen molar-refractivity contribution >= 4 is 39.5 Å². The molecule has 0 atom stereocenters. The van der Waals surface area contributed by atoms with Crippen LogP contribution in [0.25, 0.3) is 21.9 Å². The summed E-state index contributed by atoms with van der Waals surface area (Å²) in [5, 5.41) is 1.96. The van der Waals surface area contributed by atoms with Gasteiger partial charge in [-0.25, -0.2) is 9.97 Å². The third-order valence-electron chi connectivity index (χ3n) is 5.85. The number of anilines is 1. The fourth-order valence-corrected chi connectivity index (χ4v) is 5.03. The number of rotatable bonds is 7. The van der Waals surface area contributed by atoms with Gasteiger partial charge in [0.25, 0.3) is 0 Å². The summed E-state index contributed by atoms with van der Waals surface area (Å²) in [6, 6.07) is 17.1. The predicted molar refractivity (Wildman–Crippen MR) is 127 cm³/mol. The Kier molecular flexibility index (Phi) is 5.80. The highest BCUT2D eigenvalue weighted by atomic mass is 32.2. The smallest absolute Gasteiger partial charge is 0.171 e. The lowest BCUT2D eigenvalue weighted by Crippen LogP contribution is -2.18. The van der Waals surface area contributed by atoms with E-state index in [2.05, 4.69) is 44.8 Å². The molecule has 2 N–H and O–H groups in total. The number of hydrogen-bond acceptors (Lipinski definition) is 6. The Balaban J connectivity index is 1.53. The van der Waals surface area contributed by atoms with Crippen molar-refractivity contribution in [2.45, 2.75) is 31.1 Å². The number of thioether (sulfide) groups is 1. The average Bonchev–Trinajstić information content (AvgIpc) is 3.42. The molecular formula is C24H27N5OS. The van der Waals surface area contributed by atoms with Crippen LogP contribution in [0.1, 0.15) is 24.0 Å². The standard InChI is InChI=1S/C24H27N5OS/c1-30-16-31-24-27-21-22(19-6-2-3-7-20(19)26-23(21)25)29(24)15-18-10-8-17(9-11-18)14-28-12-4-5-13-28/h2-3,6-11H,4-5,12-16H2,1H3,(H2,25,26). The maximum atomic E-state index is 6.29. The third kappa shape index (κ3) is 4.13. The van der Waals surface area contributed by atoms with E-state index < -0.39 is 0 Å². The third-order valence-corrected chi connectivity index (χ3v) is 6.77. The number of pyridine rings is 1. The number of hydrogen-bond donors (Lipinski definition) is 1. The molecule has 160 valence electrons. The van der Waals surface area contributed by atoms with Gasteiger partial charge in [-0.3, -0.25) is 4.90 Å². The van der Waals surface area contributed by atoms with Crippen LogP contribution in [0.3, 0.4) is 0 Å². The number of para-hydroxylation sites is 1. The number of benzene rings is 2. The molecule has 2 aromatic heterocycles. The topological polar surface area (TPSA) is 69.2 Å². The molecule has 0 saturated carbocycles. The summed E-state index contributed by atoms with van der Waals surface area (Å²) in [5.74, 6) is 0.997. The minimum absolute atomic E-state index is 0.465. The summed E-state index contributed by atoms with van der Waals surface area (Å²) in [4.78, 5) is 11.9. The van der Waals surface area contributed by atoms with E-state index in [1.165, 1.54) is 37.1 Å². The lowest BCUT2D eigenvalue weighted by molar-refractivity contribution is 0.258. The highest BCUT2D eigenvalue weighted by molar-refractivity contribution is 7.99. The number of methoxy groups -OCH3 is 1. The van der Waals surface area contributed by atoms with Crippen LogP contribution in [0.5, 0.6) is 0 Å². The minimum atomic E-state index is 0.465. The van der Waals surface area contributed by atoms with E-state index in [-0.39, 0.29) is 0 Å². The van der Waals surface area contributed by atoms with E-state index in [0.717, 1.165) is 40.2 Å². The molecule has 0 spiro atoms. The maximum absolute atomic E-state index is 6.29. The molecule has 1 saturated heterocycles. The molecule has 7 heteroatoms. The maximum Gasteiger partial charge on any atom is 0.171 e. The Morgan fingerprint density at radius 3 is 2.42 bits per heavy atom. The summed E-state index contributed by atoms with van der Waals surface area (Å²) in [5.41, 5.74) is 11.6. The van der Waals surface area contributed by atoms with Gasteiger partial charge in [0.2, 0.25) is 0 Å². The van der Waals surface area contributed by atoms with Crippen LogP contribution in [0.2, 0.25) is 0 Å². The number of nitrogens with two attached hydrogens (primary N) is 1. The van der Waals surface area contributed by atoms with Crippen molar-refractivity contribution in [1.29, 1.82) is 0 Å². The van der Waals surface area contributed by atoms with Gasteiger partial charge < -0.3 is 15.0 Å². The largest absolute Gasteiger partial charge is 0.382 e. The SMILES string of the molecule is COCSc1nc2c(N)nc3ccccc3c2n1Cc1ccc(CN2CCCC2)cc1. The molecule has 0 unspecified atom stereocenters. The fraction of sp³-hybridized carbons (Fsp3) is 0.333. The van der Waals surface area contributed by atoms with Gasteiger partial charge in [0.15, 0.2) is 11.0 Å². The van der Waals surface area contributed by atoms with Crippen molar-refractivity contribution in [3.8, 4) is 0 Å². The molecular weight excluding hydrogens is 406 g/mol. The number of aromatic nitrogens is 3. The number of ether oxygens (including phenoxy) is 1. The fourth-order valence-electron chi connectivity index (χ4n) is 4.34. The van der Waals surface area contributed by atoms with Gasteiger partial charge in [0.1, 0.15) is 5.52 Å². The van der Waals surface area contributed by atoms with Gasteiger partial charge in [0, 0.05) is 19.0 Å². The van der Waals surface area contributed by atoms with Crippen molar-refractivity contribution in [3.63, 3.8) is 0 Å². The second-order valence-corrected chi connectivity index (χ2v) is 8.93. The number of likely N-dealkylation sites (tertiary alicyclic amines) is 1. The lowest BCUT2D eigenvalue weighted by atomic mass is 10.1. The number of nitrogen functional groups attached to an aromatic ring is 1. The molecule has 1 fully saturated rings. The van der Waals surface area contributed by atoms with Crippen molar-refractivity contribution in [2.75, 3.05) is 31.9 Å². The molecule has 5 rings (SSSR count). The van der Waals surface area contributed by atoms with Crippen molar-refractivity contribution in [1.82, 2.24) is 19.4 Å². The van der Waals surface area contributed by atoms with Gasteiger partial charge >= 0.3 is 0 Å². The zero-order valence-electron chi connectivity index (χ0n) is 17.8. The number of nitrogens with zero attached hydrogens (tertiary/aromatic N) is 4. The van der Waals surface area contributed by atoms with E-state index in [9.17, 15) is 0 Å². The number of imidazole rings is 1.